The van der Waals surface area contributed by atoms with Gasteiger partial charge in [0.2, 0.25) is 5.91 Å². The number of carbonyl (C=O) groups excluding carboxylic acids is 1. The van der Waals surface area contributed by atoms with Gasteiger partial charge >= 0.3 is 0 Å². The van der Waals surface area contributed by atoms with E-state index in [-0.39, 0.29) is 24.0 Å². The summed E-state index contributed by atoms with van der Waals surface area (Å²) in [4.78, 5) is 17.0. The quantitative estimate of drug-likeness (QED) is 0.933. The van der Waals surface area contributed by atoms with Crippen molar-refractivity contribution in [2.24, 2.45) is 7.05 Å². The SMILES string of the molecule is Cn1ccnc1[C@H]1OCC[C@@H]1NC(=O)[C@@H]1COc2ccccc21. The second-order valence-corrected chi connectivity index (χ2v) is 5.99. The molecular weight excluding hydrogens is 294 g/mol. The van der Waals surface area contributed by atoms with Crippen molar-refractivity contribution in [3.8, 4) is 5.75 Å². The molecule has 3 heterocycles. The Morgan fingerprint density at radius 3 is 3.09 bits per heavy atom. The van der Waals surface area contributed by atoms with Crippen LogP contribution in [0.5, 0.6) is 5.75 Å². The zero-order valence-corrected chi connectivity index (χ0v) is 12.9. The highest BCUT2D eigenvalue weighted by molar-refractivity contribution is 5.85. The average Bonchev–Trinajstić information content (AvgIpc) is 3.26. The number of amides is 1. The highest BCUT2D eigenvalue weighted by Crippen LogP contribution is 2.34. The molecule has 1 fully saturated rings. The molecule has 2 aliphatic rings. The van der Waals surface area contributed by atoms with Gasteiger partial charge in [-0.2, -0.15) is 0 Å². The zero-order valence-electron chi connectivity index (χ0n) is 12.9. The number of aryl methyl sites for hydroxylation is 1. The Hall–Kier alpha value is -2.34. The van der Waals surface area contributed by atoms with Crippen LogP contribution >= 0.6 is 0 Å². The molecule has 0 saturated carbocycles. The van der Waals surface area contributed by atoms with Crippen LogP contribution in [0.4, 0.5) is 0 Å². The summed E-state index contributed by atoms with van der Waals surface area (Å²) >= 11 is 0. The second kappa shape index (κ2) is 5.70. The van der Waals surface area contributed by atoms with E-state index in [9.17, 15) is 4.79 Å². The van der Waals surface area contributed by atoms with Crippen molar-refractivity contribution in [1.29, 1.82) is 0 Å². The van der Waals surface area contributed by atoms with Gasteiger partial charge < -0.3 is 19.4 Å². The van der Waals surface area contributed by atoms with Crippen LogP contribution in [0, 0.1) is 0 Å². The first-order chi connectivity index (χ1) is 11.2. The van der Waals surface area contributed by atoms with Crippen molar-refractivity contribution in [2.75, 3.05) is 13.2 Å². The molecule has 0 radical (unpaired) electrons. The largest absolute Gasteiger partial charge is 0.492 e. The van der Waals surface area contributed by atoms with Gasteiger partial charge in [-0.3, -0.25) is 4.79 Å². The molecule has 0 unspecified atom stereocenters. The van der Waals surface area contributed by atoms with E-state index >= 15 is 0 Å². The highest BCUT2D eigenvalue weighted by Gasteiger charge is 2.37. The molecule has 4 rings (SSSR count). The lowest BCUT2D eigenvalue weighted by atomic mass is 9.99. The smallest absolute Gasteiger partial charge is 0.231 e. The summed E-state index contributed by atoms with van der Waals surface area (Å²) in [5, 5.41) is 3.13. The van der Waals surface area contributed by atoms with Crippen molar-refractivity contribution in [3.05, 3.63) is 48.0 Å². The minimum absolute atomic E-state index is 0.00957. The van der Waals surface area contributed by atoms with Gasteiger partial charge in [0.1, 0.15) is 30.2 Å². The first-order valence-electron chi connectivity index (χ1n) is 7.85. The number of nitrogens with one attached hydrogen (secondary N) is 1. The maximum atomic E-state index is 12.7. The number of hydrogen-bond donors (Lipinski definition) is 1. The Bertz CT molecular complexity index is 727. The van der Waals surface area contributed by atoms with Gasteiger partial charge in [-0.05, 0) is 12.5 Å². The lowest BCUT2D eigenvalue weighted by Gasteiger charge is -2.21. The predicted molar refractivity (Wildman–Crippen MR) is 83.1 cm³/mol. The molecule has 6 heteroatoms. The number of hydrogen-bond acceptors (Lipinski definition) is 4. The van der Waals surface area contributed by atoms with E-state index in [2.05, 4.69) is 10.3 Å². The van der Waals surface area contributed by atoms with E-state index in [1.165, 1.54) is 0 Å². The van der Waals surface area contributed by atoms with Crippen LogP contribution in [-0.2, 0) is 16.6 Å². The van der Waals surface area contributed by atoms with E-state index in [0.29, 0.717) is 13.2 Å². The number of para-hydroxylation sites is 1. The third-order valence-corrected chi connectivity index (χ3v) is 4.55. The fraction of sp³-hybridized carbons (Fsp3) is 0.412. The highest BCUT2D eigenvalue weighted by atomic mass is 16.5. The van der Waals surface area contributed by atoms with Gasteiger partial charge in [-0.25, -0.2) is 4.98 Å². The summed E-state index contributed by atoms with van der Waals surface area (Å²) in [6.45, 7) is 1.02. The van der Waals surface area contributed by atoms with Gasteiger partial charge in [-0.15, -0.1) is 0 Å². The van der Waals surface area contributed by atoms with E-state index in [0.717, 1.165) is 23.6 Å². The van der Waals surface area contributed by atoms with Crippen LogP contribution in [0.25, 0.3) is 0 Å². The summed E-state index contributed by atoms with van der Waals surface area (Å²) in [6.07, 6.45) is 4.23. The zero-order chi connectivity index (χ0) is 15.8. The molecule has 120 valence electrons. The number of carbonyl (C=O) groups is 1. The van der Waals surface area contributed by atoms with Gasteiger partial charge in [0.25, 0.3) is 0 Å². The second-order valence-electron chi connectivity index (χ2n) is 5.99. The molecule has 3 atom stereocenters. The summed E-state index contributed by atoms with van der Waals surface area (Å²) < 4.78 is 13.3. The molecule has 6 nitrogen and oxygen atoms in total. The number of ether oxygens (including phenoxy) is 2. The van der Waals surface area contributed by atoms with Crippen LogP contribution in [0.3, 0.4) is 0 Å². The summed E-state index contributed by atoms with van der Waals surface area (Å²) in [7, 11) is 1.93. The minimum atomic E-state index is -0.256. The fourth-order valence-corrected chi connectivity index (χ4v) is 3.31. The Kier molecular flexibility index (Phi) is 3.53. The van der Waals surface area contributed by atoms with Crippen LogP contribution in [-0.4, -0.2) is 34.7 Å². The number of nitrogens with zero attached hydrogens (tertiary/aromatic N) is 2. The van der Waals surface area contributed by atoms with E-state index in [1.54, 1.807) is 6.20 Å². The molecule has 2 aliphatic heterocycles. The molecule has 0 bridgehead atoms. The normalized spacial score (nSPS) is 25.9. The van der Waals surface area contributed by atoms with Gasteiger partial charge in [-0.1, -0.05) is 18.2 Å². The lowest BCUT2D eigenvalue weighted by molar-refractivity contribution is -0.123. The topological polar surface area (TPSA) is 65.4 Å². The van der Waals surface area contributed by atoms with Crippen LogP contribution in [0.15, 0.2) is 36.7 Å². The molecule has 0 aliphatic carbocycles. The number of aromatic nitrogens is 2. The molecular formula is C17H19N3O3. The summed E-state index contributed by atoms with van der Waals surface area (Å²) in [5.74, 6) is 1.38. The molecule has 0 spiro atoms. The molecule has 2 aromatic rings. The van der Waals surface area contributed by atoms with Crippen LogP contribution in [0.1, 0.15) is 29.8 Å². The molecule has 1 saturated heterocycles. The number of rotatable bonds is 3. The van der Waals surface area contributed by atoms with Crippen LogP contribution < -0.4 is 10.1 Å². The molecule has 1 aromatic heterocycles. The molecule has 23 heavy (non-hydrogen) atoms. The van der Waals surface area contributed by atoms with Gasteiger partial charge in [0.05, 0.1) is 6.04 Å². The van der Waals surface area contributed by atoms with Gasteiger partial charge in [0.15, 0.2) is 0 Å². The van der Waals surface area contributed by atoms with E-state index in [1.807, 2.05) is 42.1 Å². The average molecular weight is 313 g/mol. The fourth-order valence-electron chi connectivity index (χ4n) is 3.31. The predicted octanol–water partition coefficient (Wildman–Crippen LogP) is 1.54. The summed E-state index contributed by atoms with van der Waals surface area (Å²) in [5.41, 5.74) is 0.956. The Morgan fingerprint density at radius 2 is 2.26 bits per heavy atom. The van der Waals surface area contributed by atoms with Crippen molar-refractivity contribution in [3.63, 3.8) is 0 Å². The van der Waals surface area contributed by atoms with E-state index < -0.39 is 0 Å². The minimum Gasteiger partial charge on any atom is -0.492 e. The molecule has 1 N–H and O–H groups in total. The third-order valence-electron chi connectivity index (χ3n) is 4.55. The molecule has 1 amide bonds. The maximum Gasteiger partial charge on any atom is 0.231 e. The molecule has 1 aromatic carbocycles. The summed E-state index contributed by atoms with van der Waals surface area (Å²) in [6, 6.07) is 7.65. The lowest BCUT2D eigenvalue weighted by Crippen LogP contribution is -2.40. The first kappa shape index (κ1) is 14.3. The Morgan fingerprint density at radius 1 is 1.39 bits per heavy atom. The Balaban J connectivity index is 1.50. The monoisotopic (exact) mass is 313 g/mol. The number of fused-ring (bicyclic) bond motifs is 1. The van der Waals surface area contributed by atoms with Crippen LogP contribution in [0.2, 0.25) is 0 Å². The number of imidazole rings is 1. The van der Waals surface area contributed by atoms with Crippen molar-refractivity contribution < 1.29 is 14.3 Å². The maximum absolute atomic E-state index is 12.7. The van der Waals surface area contributed by atoms with Gasteiger partial charge in [0, 0.05) is 31.6 Å². The Labute approximate surface area is 134 Å². The number of benzene rings is 1. The first-order valence-corrected chi connectivity index (χ1v) is 7.85. The van der Waals surface area contributed by atoms with Crippen molar-refractivity contribution in [2.45, 2.75) is 24.5 Å². The third kappa shape index (κ3) is 2.49. The van der Waals surface area contributed by atoms with Crippen molar-refractivity contribution >= 4 is 5.91 Å². The standard InChI is InChI=1S/C17H19N3O3/c1-20-8-7-18-16(20)15-13(6-9-22-15)19-17(21)12-10-23-14-5-3-2-4-11(12)14/h2-5,7-8,12-13,15H,6,9-10H2,1H3,(H,19,21)/t12-,13+,15+/m1/s1. The van der Waals surface area contributed by atoms with Crippen molar-refractivity contribution in [1.82, 2.24) is 14.9 Å². The van der Waals surface area contributed by atoms with E-state index in [4.69, 9.17) is 9.47 Å².